The van der Waals surface area contributed by atoms with E-state index in [0.29, 0.717) is 11.2 Å². The minimum Gasteiger partial charge on any atom is -0.495 e. The van der Waals surface area contributed by atoms with E-state index in [1.54, 1.807) is 7.11 Å². The van der Waals surface area contributed by atoms with Crippen molar-refractivity contribution in [3.05, 3.63) is 78.0 Å². The van der Waals surface area contributed by atoms with Crippen LogP contribution >= 0.6 is 0 Å². The lowest BCUT2D eigenvalue weighted by Gasteiger charge is -2.26. The van der Waals surface area contributed by atoms with E-state index in [9.17, 15) is 0 Å². The van der Waals surface area contributed by atoms with Crippen molar-refractivity contribution in [1.82, 2.24) is 10.2 Å². The fourth-order valence-corrected chi connectivity index (χ4v) is 4.98. The maximum Gasteiger partial charge on any atom is 0.137 e. The molecule has 0 amide bonds. The second-order valence-corrected chi connectivity index (χ2v) is 8.82. The number of ether oxygens (including phenoxy) is 1. The molecule has 0 aromatic heterocycles. The highest BCUT2D eigenvalue weighted by Crippen LogP contribution is 2.45. The van der Waals surface area contributed by atoms with Crippen LogP contribution in [0.25, 0.3) is 5.57 Å². The molecule has 1 aliphatic carbocycles. The molecule has 1 saturated carbocycles. The maximum atomic E-state index is 5.49. The van der Waals surface area contributed by atoms with Gasteiger partial charge in [-0.2, -0.15) is 0 Å². The minimum absolute atomic E-state index is 0.512. The average molecular weight is 420 g/mol. The third-order valence-corrected chi connectivity index (χ3v) is 6.73. The molecule has 1 heterocycles. The summed E-state index contributed by atoms with van der Waals surface area (Å²) in [7, 11) is 1.63. The molecule has 1 saturated heterocycles. The van der Waals surface area contributed by atoms with E-state index < -0.39 is 0 Å². The summed E-state index contributed by atoms with van der Waals surface area (Å²) in [4.78, 5) is 7.26. The summed E-state index contributed by atoms with van der Waals surface area (Å²) in [6.45, 7) is 16.6. The molecular formula is C27H37N3O. The molecule has 1 aromatic rings. The van der Waals surface area contributed by atoms with E-state index in [4.69, 9.17) is 9.73 Å². The van der Waals surface area contributed by atoms with Gasteiger partial charge in [0.05, 0.1) is 12.9 Å². The number of hydrogen-bond donors (Lipinski definition) is 1. The first-order chi connectivity index (χ1) is 14.9. The molecule has 0 unspecified atom stereocenters. The van der Waals surface area contributed by atoms with Crippen molar-refractivity contribution in [3.8, 4) is 0 Å². The Morgan fingerprint density at radius 2 is 1.81 bits per heavy atom. The van der Waals surface area contributed by atoms with Crippen molar-refractivity contribution in [2.75, 3.05) is 20.2 Å². The van der Waals surface area contributed by atoms with Gasteiger partial charge in [0.2, 0.25) is 0 Å². The summed E-state index contributed by atoms with van der Waals surface area (Å²) in [5.74, 6) is 2.26. The predicted molar refractivity (Wildman–Crippen MR) is 131 cm³/mol. The first-order valence-electron chi connectivity index (χ1n) is 11.3. The van der Waals surface area contributed by atoms with Gasteiger partial charge in [0, 0.05) is 13.1 Å². The summed E-state index contributed by atoms with van der Waals surface area (Å²) in [6, 6.07) is 10.3. The number of rotatable bonds is 7. The van der Waals surface area contributed by atoms with E-state index in [0.717, 1.165) is 47.2 Å². The summed E-state index contributed by atoms with van der Waals surface area (Å²) in [6.07, 6.45) is 8.84. The van der Waals surface area contributed by atoms with E-state index in [-0.39, 0.29) is 0 Å². The molecule has 3 rings (SSSR count). The van der Waals surface area contributed by atoms with Gasteiger partial charge in [0.25, 0.3) is 0 Å². The van der Waals surface area contributed by atoms with Crippen LogP contribution in [0.5, 0.6) is 0 Å². The standard InChI is InChI=1S/C27H37N3O/c1-7-25(24-13-9-8-10-14-24)20(2)26(21(3)31-6)29-22(4)28-23(5)30-18-17-27(19-30)15-11-12-16-27/h7-10,13-14H,3,5,11-12,15-19H2,1-2,4,6H3,(H,28,29)/b25-7+,26-20+. The second-order valence-electron chi connectivity index (χ2n) is 8.82. The summed E-state index contributed by atoms with van der Waals surface area (Å²) in [5, 5.41) is 3.42. The van der Waals surface area contributed by atoms with E-state index in [2.05, 4.69) is 48.5 Å². The molecule has 0 bridgehead atoms. The number of hydrogen-bond acceptors (Lipinski definition) is 3. The van der Waals surface area contributed by atoms with Gasteiger partial charge in [-0.05, 0) is 62.2 Å². The first-order valence-corrected chi connectivity index (χ1v) is 11.3. The monoisotopic (exact) mass is 419 g/mol. The molecule has 31 heavy (non-hydrogen) atoms. The Balaban J connectivity index is 1.80. The van der Waals surface area contributed by atoms with Gasteiger partial charge in [-0.1, -0.05) is 62.4 Å². The van der Waals surface area contributed by atoms with Crippen LogP contribution in [0, 0.1) is 5.41 Å². The molecule has 0 radical (unpaired) electrons. The molecule has 4 heteroatoms. The van der Waals surface area contributed by atoms with E-state index >= 15 is 0 Å². The largest absolute Gasteiger partial charge is 0.495 e. The zero-order valence-corrected chi connectivity index (χ0v) is 19.6. The number of amidine groups is 1. The normalized spacial score (nSPS) is 19.4. The lowest BCUT2D eigenvalue weighted by atomic mass is 9.86. The Hall–Kier alpha value is -2.75. The van der Waals surface area contributed by atoms with Crippen LogP contribution in [-0.4, -0.2) is 30.9 Å². The van der Waals surface area contributed by atoms with Crippen LogP contribution in [0.2, 0.25) is 0 Å². The van der Waals surface area contributed by atoms with Gasteiger partial charge < -0.3 is 15.0 Å². The average Bonchev–Trinajstić information content (AvgIpc) is 3.42. The fourth-order valence-electron chi connectivity index (χ4n) is 4.98. The molecule has 2 aliphatic rings. The van der Waals surface area contributed by atoms with Crippen molar-refractivity contribution in [3.63, 3.8) is 0 Å². The molecule has 4 nitrogen and oxygen atoms in total. The Kier molecular flexibility index (Phi) is 7.42. The SMILES string of the molecule is C=C(OC)C(/N=C(\C)NC(=C)N1CCC2(CCCC2)C1)=C(C)\C(=C/C)c1ccccc1. The van der Waals surface area contributed by atoms with Crippen molar-refractivity contribution in [2.45, 2.75) is 52.9 Å². The first kappa shape index (κ1) is 22.9. The molecule has 1 aliphatic heterocycles. The van der Waals surface area contributed by atoms with Crippen molar-refractivity contribution in [2.24, 2.45) is 10.4 Å². The molecule has 0 atom stereocenters. The smallest absolute Gasteiger partial charge is 0.137 e. The number of benzene rings is 1. The highest BCUT2D eigenvalue weighted by Gasteiger charge is 2.40. The lowest BCUT2D eigenvalue weighted by Crippen LogP contribution is -2.33. The minimum atomic E-state index is 0.512. The summed E-state index contributed by atoms with van der Waals surface area (Å²) >= 11 is 0. The van der Waals surface area contributed by atoms with Gasteiger partial charge in [0.15, 0.2) is 0 Å². The maximum absolute atomic E-state index is 5.49. The molecule has 1 N–H and O–H groups in total. The van der Waals surface area contributed by atoms with Crippen LogP contribution in [0.3, 0.4) is 0 Å². The third-order valence-electron chi connectivity index (χ3n) is 6.73. The fraction of sp³-hybridized carbons (Fsp3) is 0.444. The molecular weight excluding hydrogens is 382 g/mol. The van der Waals surface area contributed by atoms with Crippen molar-refractivity contribution < 1.29 is 4.74 Å². The molecule has 1 spiro atoms. The van der Waals surface area contributed by atoms with Crippen LogP contribution in [0.4, 0.5) is 0 Å². The van der Waals surface area contributed by atoms with Crippen LogP contribution in [0.1, 0.15) is 58.4 Å². The van der Waals surface area contributed by atoms with Crippen LogP contribution in [0.15, 0.2) is 77.4 Å². The zero-order chi connectivity index (χ0) is 22.4. The number of likely N-dealkylation sites (tertiary alicyclic amines) is 1. The molecule has 2 fully saturated rings. The summed E-state index contributed by atoms with van der Waals surface area (Å²) in [5.41, 5.74) is 4.54. The molecule has 1 aromatic carbocycles. The number of methoxy groups -OCH3 is 1. The molecule has 166 valence electrons. The van der Waals surface area contributed by atoms with Crippen molar-refractivity contribution in [1.29, 1.82) is 0 Å². The van der Waals surface area contributed by atoms with Crippen LogP contribution in [-0.2, 0) is 4.74 Å². The van der Waals surface area contributed by atoms with Gasteiger partial charge in [-0.25, -0.2) is 4.99 Å². The number of aliphatic imine (C=N–C) groups is 1. The van der Waals surface area contributed by atoms with E-state index in [1.165, 1.54) is 32.1 Å². The zero-order valence-electron chi connectivity index (χ0n) is 19.6. The van der Waals surface area contributed by atoms with Gasteiger partial charge in [-0.3, -0.25) is 0 Å². The second kappa shape index (κ2) is 10.0. The van der Waals surface area contributed by atoms with Crippen LogP contribution < -0.4 is 5.32 Å². The Bertz CT molecular complexity index is 902. The third kappa shape index (κ3) is 5.30. The lowest BCUT2D eigenvalue weighted by molar-refractivity contribution is 0.289. The number of nitrogens with zero attached hydrogens (tertiary/aromatic N) is 2. The van der Waals surface area contributed by atoms with Gasteiger partial charge in [-0.15, -0.1) is 0 Å². The summed E-state index contributed by atoms with van der Waals surface area (Å²) < 4.78 is 5.49. The Morgan fingerprint density at radius 3 is 2.42 bits per heavy atom. The van der Waals surface area contributed by atoms with Gasteiger partial charge >= 0.3 is 0 Å². The van der Waals surface area contributed by atoms with Gasteiger partial charge in [0.1, 0.15) is 17.3 Å². The van der Waals surface area contributed by atoms with E-state index in [1.807, 2.05) is 32.0 Å². The predicted octanol–water partition coefficient (Wildman–Crippen LogP) is 6.27. The number of nitrogens with one attached hydrogen (secondary N) is 1. The highest BCUT2D eigenvalue weighted by molar-refractivity contribution is 5.85. The quantitative estimate of drug-likeness (QED) is 0.245. The Labute approximate surface area is 188 Å². The van der Waals surface area contributed by atoms with Crippen molar-refractivity contribution >= 4 is 11.4 Å². The highest BCUT2D eigenvalue weighted by atomic mass is 16.5. The Morgan fingerprint density at radius 1 is 1.13 bits per heavy atom. The topological polar surface area (TPSA) is 36.9 Å². The number of allylic oxidation sites excluding steroid dienone is 3.